The third-order valence-electron chi connectivity index (χ3n) is 2.49. The SMILES string of the molecule is Cc1ncoc1C(=O)N1CC(O)C(O)C1. The molecule has 1 aliphatic heterocycles. The van der Waals surface area contributed by atoms with Crippen LogP contribution in [0, 0.1) is 6.92 Å². The summed E-state index contributed by atoms with van der Waals surface area (Å²) in [7, 11) is 0. The number of carbonyl (C=O) groups is 1. The lowest BCUT2D eigenvalue weighted by atomic mass is 10.3. The van der Waals surface area contributed by atoms with E-state index in [4.69, 9.17) is 4.42 Å². The molecule has 1 aromatic heterocycles. The minimum Gasteiger partial charge on any atom is -0.438 e. The number of hydrogen-bond acceptors (Lipinski definition) is 5. The molecule has 0 bridgehead atoms. The van der Waals surface area contributed by atoms with E-state index in [0.29, 0.717) is 5.69 Å². The van der Waals surface area contributed by atoms with Gasteiger partial charge in [0.25, 0.3) is 5.91 Å². The molecule has 2 unspecified atom stereocenters. The van der Waals surface area contributed by atoms with Crippen molar-refractivity contribution in [2.45, 2.75) is 19.1 Å². The van der Waals surface area contributed by atoms with Crippen LogP contribution >= 0.6 is 0 Å². The first-order chi connectivity index (χ1) is 7.09. The van der Waals surface area contributed by atoms with Crippen LogP contribution in [0.3, 0.4) is 0 Å². The van der Waals surface area contributed by atoms with Gasteiger partial charge in [-0.25, -0.2) is 4.98 Å². The zero-order chi connectivity index (χ0) is 11.0. The fourth-order valence-electron chi connectivity index (χ4n) is 1.59. The van der Waals surface area contributed by atoms with Crippen LogP contribution in [0.25, 0.3) is 0 Å². The number of rotatable bonds is 1. The van der Waals surface area contributed by atoms with Gasteiger partial charge in [0, 0.05) is 13.1 Å². The van der Waals surface area contributed by atoms with Crippen molar-refractivity contribution < 1.29 is 19.4 Å². The van der Waals surface area contributed by atoms with Gasteiger partial charge in [-0.1, -0.05) is 0 Å². The third-order valence-corrected chi connectivity index (χ3v) is 2.49. The van der Waals surface area contributed by atoms with E-state index in [1.54, 1.807) is 6.92 Å². The molecule has 0 spiro atoms. The summed E-state index contributed by atoms with van der Waals surface area (Å²) in [5.74, 6) is -0.183. The van der Waals surface area contributed by atoms with Gasteiger partial charge in [-0.15, -0.1) is 0 Å². The number of aliphatic hydroxyl groups excluding tert-OH is 2. The summed E-state index contributed by atoms with van der Waals surface area (Å²) in [6.45, 7) is 1.92. The van der Waals surface area contributed by atoms with Gasteiger partial charge in [-0.2, -0.15) is 0 Å². The quantitative estimate of drug-likeness (QED) is 0.634. The van der Waals surface area contributed by atoms with Crippen LogP contribution in [0.4, 0.5) is 0 Å². The standard InChI is InChI=1S/C9H12N2O4/c1-5-8(15-4-10-5)9(14)11-2-6(12)7(13)3-11/h4,6-7,12-13H,2-3H2,1H3. The Morgan fingerprint density at radius 3 is 2.60 bits per heavy atom. The molecule has 2 N–H and O–H groups in total. The molecule has 2 atom stereocenters. The summed E-state index contributed by atoms with van der Waals surface area (Å²) in [6, 6.07) is 0. The van der Waals surface area contributed by atoms with Crippen molar-refractivity contribution >= 4 is 5.91 Å². The van der Waals surface area contributed by atoms with Gasteiger partial charge in [0.1, 0.15) is 0 Å². The average molecular weight is 212 g/mol. The van der Waals surface area contributed by atoms with Crippen molar-refractivity contribution in [2.75, 3.05) is 13.1 Å². The molecule has 1 aliphatic rings. The molecule has 15 heavy (non-hydrogen) atoms. The van der Waals surface area contributed by atoms with Crippen molar-refractivity contribution in [2.24, 2.45) is 0 Å². The highest BCUT2D eigenvalue weighted by Gasteiger charge is 2.34. The van der Waals surface area contributed by atoms with Crippen molar-refractivity contribution in [3.05, 3.63) is 17.8 Å². The van der Waals surface area contributed by atoms with Gasteiger partial charge in [-0.05, 0) is 6.92 Å². The predicted molar refractivity (Wildman–Crippen MR) is 49.2 cm³/mol. The third kappa shape index (κ3) is 1.73. The molecule has 0 aliphatic carbocycles. The highest BCUT2D eigenvalue weighted by Crippen LogP contribution is 2.15. The zero-order valence-electron chi connectivity index (χ0n) is 8.25. The van der Waals surface area contributed by atoms with Gasteiger partial charge >= 0.3 is 0 Å². The second kappa shape index (κ2) is 3.63. The summed E-state index contributed by atoms with van der Waals surface area (Å²) >= 11 is 0. The van der Waals surface area contributed by atoms with E-state index in [1.165, 1.54) is 11.3 Å². The van der Waals surface area contributed by atoms with Crippen molar-refractivity contribution in [3.63, 3.8) is 0 Å². The van der Waals surface area contributed by atoms with Crippen molar-refractivity contribution in [3.8, 4) is 0 Å². The van der Waals surface area contributed by atoms with E-state index in [0.717, 1.165) is 0 Å². The Balaban J connectivity index is 2.13. The van der Waals surface area contributed by atoms with Crippen LogP contribution in [-0.4, -0.2) is 51.3 Å². The molecule has 1 amide bonds. The minimum atomic E-state index is -0.878. The molecule has 2 rings (SSSR count). The number of carbonyl (C=O) groups excluding carboxylic acids is 1. The highest BCUT2D eigenvalue weighted by molar-refractivity contribution is 5.92. The summed E-state index contributed by atoms with van der Waals surface area (Å²) < 4.78 is 4.94. The van der Waals surface area contributed by atoms with Gasteiger partial charge in [0.2, 0.25) is 5.76 Å². The Morgan fingerprint density at radius 2 is 2.13 bits per heavy atom. The van der Waals surface area contributed by atoms with Gasteiger partial charge in [0.05, 0.1) is 17.9 Å². The number of hydrogen-bond donors (Lipinski definition) is 2. The second-order valence-electron chi connectivity index (χ2n) is 3.61. The van der Waals surface area contributed by atoms with Crippen LogP contribution in [0.5, 0.6) is 0 Å². The molecule has 0 saturated carbocycles. The van der Waals surface area contributed by atoms with Crippen molar-refractivity contribution in [1.29, 1.82) is 0 Å². The Hall–Kier alpha value is -1.40. The molecule has 1 aromatic rings. The van der Waals surface area contributed by atoms with Crippen LogP contribution in [-0.2, 0) is 0 Å². The van der Waals surface area contributed by atoms with E-state index in [2.05, 4.69) is 4.98 Å². The lowest BCUT2D eigenvalue weighted by Gasteiger charge is -2.13. The molecule has 6 heteroatoms. The molecule has 0 radical (unpaired) electrons. The lowest BCUT2D eigenvalue weighted by Crippen LogP contribution is -2.30. The number of nitrogens with zero attached hydrogens (tertiary/aromatic N) is 2. The number of aliphatic hydroxyl groups is 2. The Bertz CT molecular complexity index is 366. The average Bonchev–Trinajstić information content (AvgIpc) is 2.74. The number of aromatic nitrogens is 1. The number of oxazole rings is 1. The maximum Gasteiger partial charge on any atom is 0.291 e. The molecule has 1 fully saturated rings. The monoisotopic (exact) mass is 212 g/mol. The summed E-state index contributed by atoms with van der Waals surface area (Å²) in [6.07, 6.45) is -0.555. The first-order valence-electron chi connectivity index (χ1n) is 4.65. The first kappa shape index (κ1) is 10.1. The molecular weight excluding hydrogens is 200 g/mol. The largest absolute Gasteiger partial charge is 0.438 e. The van der Waals surface area contributed by atoms with Gasteiger partial charge < -0.3 is 19.5 Å². The predicted octanol–water partition coefficient (Wildman–Crippen LogP) is -0.839. The molecular formula is C9H12N2O4. The van der Waals surface area contributed by atoms with Crippen LogP contribution in [0.15, 0.2) is 10.8 Å². The number of amides is 1. The Labute approximate surface area is 86.1 Å². The smallest absolute Gasteiger partial charge is 0.291 e. The molecule has 1 saturated heterocycles. The molecule has 2 heterocycles. The number of aryl methyl sites for hydroxylation is 1. The number of likely N-dealkylation sites (tertiary alicyclic amines) is 1. The van der Waals surface area contributed by atoms with E-state index < -0.39 is 12.2 Å². The topological polar surface area (TPSA) is 86.8 Å². The summed E-state index contributed by atoms with van der Waals surface area (Å²) in [5.41, 5.74) is 0.510. The van der Waals surface area contributed by atoms with E-state index in [9.17, 15) is 15.0 Å². The summed E-state index contributed by atoms with van der Waals surface area (Å²) in [5, 5.41) is 18.6. The normalized spacial score (nSPS) is 25.9. The maximum absolute atomic E-state index is 11.8. The highest BCUT2D eigenvalue weighted by atomic mass is 16.4. The Kier molecular flexibility index (Phi) is 2.45. The van der Waals surface area contributed by atoms with E-state index in [1.807, 2.05) is 0 Å². The molecule has 6 nitrogen and oxygen atoms in total. The van der Waals surface area contributed by atoms with E-state index in [-0.39, 0.29) is 24.8 Å². The van der Waals surface area contributed by atoms with Crippen LogP contribution < -0.4 is 0 Å². The Morgan fingerprint density at radius 1 is 1.53 bits per heavy atom. The van der Waals surface area contributed by atoms with Gasteiger partial charge in [0.15, 0.2) is 6.39 Å². The molecule has 0 aromatic carbocycles. The van der Waals surface area contributed by atoms with E-state index >= 15 is 0 Å². The first-order valence-corrected chi connectivity index (χ1v) is 4.65. The van der Waals surface area contributed by atoms with Crippen LogP contribution in [0.2, 0.25) is 0 Å². The second-order valence-corrected chi connectivity index (χ2v) is 3.61. The fourth-order valence-corrected chi connectivity index (χ4v) is 1.59. The lowest BCUT2D eigenvalue weighted by molar-refractivity contribution is 0.0572. The maximum atomic E-state index is 11.8. The molecule has 82 valence electrons. The van der Waals surface area contributed by atoms with Crippen LogP contribution in [0.1, 0.15) is 16.2 Å². The number of β-amino-alcohol motifs (C(OH)–C–C–N with tert-alkyl or cyclic N) is 2. The van der Waals surface area contributed by atoms with Crippen molar-refractivity contribution in [1.82, 2.24) is 9.88 Å². The zero-order valence-corrected chi connectivity index (χ0v) is 8.25. The fraction of sp³-hybridized carbons (Fsp3) is 0.556. The van der Waals surface area contributed by atoms with Gasteiger partial charge in [-0.3, -0.25) is 4.79 Å². The summed E-state index contributed by atoms with van der Waals surface area (Å²) in [4.78, 5) is 16.9. The minimum absolute atomic E-state index is 0.125.